The van der Waals surface area contributed by atoms with Gasteiger partial charge in [-0.15, -0.1) is 0 Å². The third-order valence-corrected chi connectivity index (χ3v) is 6.32. The fourth-order valence-corrected chi connectivity index (χ4v) is 4.63. The van der Waals surface area contributed by atoms with Crippen LogP contribution in [-0.2, 0) is 4.79 Å². The van der Waals surface area contributed by atoms with Gasteiger partial charge in [0.2, 0.25) is 0 Å². The number of hydrogen-bond donors (Lipinski definition) is 3. The number of likely N-dealkylation sites (N-methyl/N-ethyl adjacent to an activating group) is 1. The molecule has 1 atom stereocenters. The van der Waals surface area contributed by atoms with Gasteiger partial charge in [0.25, 0.3) is 5.91 Å². The first-order chi connectivity index (χ1) is 15.9. The summed E-state index contributed by atoms with van der Waals surface area (Å²) < 4.78 is 0. The van der Waals surface area contributed by atoms with E-state index in [1.165, 1.54) is 6.20 Å². The first-order valence-electron chi connectivity index (χ1n) is 11.5. The number of aliphatic imine (C=N–C) groups is 1. The Bertz CT molecular complexity index is 991. The summed E-state index contributed by atoms with van der Waals surface area (Å²) in [6.45, 7) is 5.51. The largest absolute Gasteiger partial charge is 0.404 e. The maximum Gasteiger partial charge on any atom is 0.270 e. The number of β-amino-alcohol motifs (C(OH)–C–C–N with tert-alkyl or cyclic N) is 1. The van der Waals surface area contributed by atoms with Gasteiger partial charge >= 0.3 is 0 Å². The number of rotatable bonds is 6. The van der Waals surface area contributed by atoms with Gasteiger partial charge in [0, 0.05) is 45.0 Å². The number of aliphatic hydroxyl groups is 1. The van der Waals surface area contributed by atoms with Gasteiger partial charge < -0.3 is 30.9 Å². The molecule has 1 aromatic heterocycles. The lowest BCUT2D eigenvalue weighted by atomic mass is 10.2. The average Bonchev–Trinajstić information content (AvgIpc) is 3.53. The quantitative estimate of drug-likeness (QED) is 0.607. The van der Waals surface area contributed by atoms with E-state index < -0.39 is 0 Å². The zero-order valence-corrected chi connectivity index (χ0v) is 19.4. The number of carbonyl (C=O) groups is 1. The van der Waals surface area contributed by atoms with Crippen molar-refractivity contribution in [2.45, 2.75) is 44.2 Å². The van der Waals surface area contributed by atoms with E-state index in [9.17, 15) is 9.90 Å². The standard InChI is InChI=1S/C24H33N7O2/c1-16(27-22-9-8-19(14-26-22)30-11-10-20(32)15-30)28-23-17(13-25)12-21(24(33)29(2)3)31(23)18-6-4-5-7-18/h8-9,12-14,18,20,32H,1,4-7,10-11,15,25H2,2-3H3,(H,26,27)/b17-13-,28-23+/t20-/m0/s1. The molecule has 1 saturated heterocycles. The molecule has 0 radical (unpaired) electrons. The first-order valence-corrected chi connectivity index (χ1v) is 11.5. The van der Waals surface area contributed by atoms with Crippen molar-refractivity contribution < 1.29 is 9.90 Å². The maximum atomic E-state index is 12.9. The summed E-state index contributed by atoms with van der Waals surface area (Å²) in [5, 5.41) is 12.9. The van der Waals surface area contributed by atoms with Crippen LogP contribution in [0.15, 0.2) is 59.3 Å². The Morgan fingerprint density at radius 2 is 2.09 bits per heavy atom. The van der Waals surface area contributed by atoms with Crippen LogP contribution >= 0.6 is 0 Å². The Kier molecular flexibility index (Phi) is 6.69. The number of nitrogens with two attached hydrogens (primary N) is 1. The molecule has 1 aliphatic carbocycles. The molecule has 1 aromatic rings. The smallest absolute Gasteiger partial charge is 0.270 e. The number of carbonyl (C=O) groups excluding carboxylic acids is 1. The predicted octanol–water partition coefficient (Wildman–Crippen LogP) is 2.01. The van der Waals surface area contributed by atoms with Gasteiger partial charge in [0.15, 0.2) is 0 Å². The lowest BCUT2D eigenvalue weighted by Crippen LogP contribution is -2.40. The molecule has 4 N–H and O–H groups in total. The molecular weight excluding hydrogens is 418 g/mol. The number of aliphatic hydroxyl groups excluding tert-OH is 1. The van der Waals surface area contributed by atoms with Crippen molar-refractivity contribution >= 4 is 23.2 Å². The molecule has 0 unspecified atom stereocenters. The van der Waals surface area contributed by atoms with Gasteiger partial charge in [-0.2, -0.15) is 0 Å². The van der Waals surface area contributed by atoms with E-state index in [-0.39, 0.29) is 18.1 Å². The molecule has 1 amide bonds. The van der Waals surface area contributed by atoms with Gasteiger partial charge in [-0.25, -0.2) is 9.98 Å². The molecule has 2 fully saturated rings. The van der Waals surface area contributed by atoms with Crippen LogP contribution in [0.4, 0.5) is 11.5 Å². The van der Waals surface area contributed by atoms with Gasteiger partial charge in [-0.05, 0) is 37.5 Å². The summed E-state index contributed by atoms with van der Waals surface area (Å²) in [7, 11) is 3.49. The van der Waals surface area contributed by atoms with E-state index in [2.05, 4.69) is 21.8 Å². The fraction of sp³-hybridized carbons (Fsp3) is 0.458. The van der Waals surface area contributed by atoms with Crippen molar-refractivity contribution in [2.24, 2.45) is 10.7 Å². The normalized spacial score (nSPS) is 23.5. The molecule has 0 spiro atoms. The summed E-state index contributed by atoms with van der Waals surface area (Å²) in [5.74, 6) is 1.59. The summed E-state index contributed by atoms with van der Waals surface area (Å²) in [5.41, 5.74) is 8.18. The summed E-state index contributed by atoms with van der Waals surface area (Å²) in [4.78, 5) is 27.8. The number of amides is 1. The minimum absolute atomic E-state index is 0.0747. The van der Waals surface area contributed by atoms with Crippen LogP contribution in [0.5, 0.6) is 0 Å². The first kappa shape index (κ1) is 22.8. The van der Waals surface area contributed by atoms with Crippen LogP contribution in [0.1, 0.15) is 32.1 Å². The highest BCUT2D eigenvalue weighted by molar-refractivity contribution is 6.12. The Morgan fingerprint density at radius 1 is 1.33 bits per heavy atom. The van der Waals surface area contributed by atoms with Crippen LogP contribution < -0.4 is 16.0 Å². The third kappa shape index (κ3) is 4.88. The molecule has 1 saturated carbocycles. The highest BCUT2D eigenvalue weighted by Gasteiger charge is 2.37. The zero-order chi connectivity index (χ0) is 23.5. The predicted molar refractivity (Wildman–Crippen MR) is 130 cm³/mol. The van der Waals surface area contributed by atoms with Crippen molar-refractivity contribution in [2.75, 3.05) is 37.4 Å². The molecular formula is C24H33N7O2. The Labute approximate surface area is 195 Å². The molecule has 0 aromatic carbocycles. The molecule has 0 bridgehead atoms. The van der Waals surface area contributed by atoms with E-state index in [4.69, 9.17) is 10.7 Å². The molecule has 176 valence electrons. The third-order valence-electron chi connectivity index (χ3n) is 6.32. The topological polar surface area (TPSA) is 110 Å². The van der Waals surface area contributed by atoms with E-state index in [1.807, 2.05) is 23.1 Å². The highest BCUT2D eigenvalue weighted by Crippen LogP contribution is 2.34. The second kappa shape index (κ2) is 9.66. The SMILES string of the molecule is C=C(/N=C1\C(=C/N)C=C(C(=O)N(C)C)N1C1CCCC1)Nc1ccc(N2CC[C@H](O)C2)cn1. The van der Waals surface area contributed by atoms with Crippen LogP contribution in [0.2, 0.25) is 0 Å². The van der Waals surface area contributed by atoms with E-state index in [0.717, 1.165) is 44.3 Å². The lowest BCUT2D eigenvalue weighted by molar-refractivity contribution is -0.126. The number of anilines is 2. The molecule has 4 rings (SSSR count). The number of nitrogens with zero attached hydrogens (tertiary/aromatic N) is 5. The van der Waals surface area contributed by atoms with Gasteiger partial charge in [0.1, 0.15) is 23.2 Å². The van der Waals surface area contributed by atoms with Crippen molar-refractivity contribution in [1.29, 1.82) is 0 Å². The van der Waals surface area contributed by atoms with Crippen LogP contribution in [-0.4, -0.2) is 71.0 Å². The summed E-state index contributed by atoms with van der Waals surface area (Å²) in [6.07, 6.45) is 9.83. The van der Waals surface area contributed by atoms with Gasteiger partial charge in [-0.3, -0.25) is 4.79 Å². The minimum Gasteiger partial charge on any atom is -0.404 e. The van der Waals surface area contributed by atoms with E-state index in [1.54, 1.807) is 25.2 Å². The zero-order valence-electron chi connectivity index (χ0n) is 19.4. The van der Waals surface area contributed by atoms with Crippen LogP contribution in [0.3, 0.4) is 0 Å². The second-order valence-electron chi connectivity index (χ2n) is 8.96. The number of pyridine rings is 1. The molecule has 9 heteroatoms. The number of amidine groups is 1. The van der Waals surface area contributed by atoms with Crippen molar-refractivity contribution in [3.05, 3.63) is 54.3 Å². The molecule has 9 nitrogen and oxygen atoms in total. The highest BCUT2D eigenvalue weighted by atomic mass is 16.3. The van der Waals surface area contributed by atoms with E-state index in [0.29, 0.717) is 35.3 Å². The number of aromatic nitrogens is 1. The number of nitrogens with one attached hydrogen (secondary N) is 1. The summed E-state index contributed by atoms with van der Waals surface area (Å²) >= 11 is 0. The van der Waals surface area contributed by atoms with Crippen molar-refractivity contribution in [3.8, 4) is 0 Å². The summed E-state index contributed by atoms with van der Waals surface area (Å²) in [6, 6.07) is 4.04. The molecule has 3 heterocycles. The Balaban J connectivity index is 1.53. The van der Waals surface area contributed by atoms with Crippen LogP contribution in [0, 0.1) is 0 Å². The average molecular weight is 452 g/mol. The lowest BCUT2D eigenvalue weighted by Gasteiger charge is -2.30. The molecule has 3 aliphatic rings. The maximum absolute atomic E-state index is 12.9. The second-order valence-corrected chi connectivity index (χ2v) is 8.96. The number of hydrogen-bond acceptors (Lipinski definition) is 7. The monoisotopic (exact) mass is 451 g/mol. The fourth-order valence-electron chi connectivity index (χ4n) is 4.63. The van der Waals surface area contributed by atoms with Gasteiger partial charge in [-0.1, -0.05) is 19.4 Å². The van der Waals surface area contributed by atoms with Crippen molar-refractivity contribution in [1.82, 2.24) is 14.8 Å². The Hall–Kier alpha value is -3.33. The minimum atomic E-state index is -0.282. The van der Waals surface area contributed by atoms with E-state index >= 15 is 0 Å². The molecule has 2 aliphatic heterocycles. The Morgan fingerprint density at radius 3 is 2.67 bits per heavy atom. The van der Waals surface area contributed by atoms with Crippen molar-refractivity contribution in [3.63, 3.8) is 0 Å². The molecule has 33 heavy (non-hydrogen) atoms. The van der Waals surface area contributed by atoms with Crippen LogP contribution in [0.25, 0.3) is 0 Å². The van der Waals surface area contributed by atoms with Gasteiger partial charge in [0.05, 0.1) is 18.0 Å².